The van der Waals surface area contributed by atoms with E-state index in [1.165, 1.54) is 5.56 Å². The summed E-state index contributed by atoms with van der Waals surface area (Å²) in [5.41, 5.74) is 8.80. The normalized spacial score (nSPS) is 11.6. The van der Waals surface area contributed by atoms with Gasteiger partial charge in [0.15, 0.2) is 5.69 Å². The molecule has 1 aromatic carbocycles. The maximum absolute atomic E-state index is 11.6. The number of carbonyl (C=O) groups excluding carboxylic acids is 1. The summed E-state index contributed by atoms with van der Waals surface area (Å²) in [7, 11) is 0. The first-order valence-corrected chi connectivity index (χ1v) is 6.81. The zero-order valence-electron chi connectivity index (χ0n) is 12.5. The van der Waals surface area contributed by atoms with E-state index in [1.807, 2.05) is 31.3 Å². The molecule has 0 aliphatic carbocycles. The number of carbonyl (C=O) groups is 1. The summed E-state index contributed by atoms with van der Waals surface area (Å²) >= 11 is 0. The maximum Gasteiger partial charge on any atom is 0.269 e. The van der Waals surface area contributed by atoms with E-state index in [1.54, 1.807) is 4.68 Å². The predicted molar refractivity (Wildman–Crippen MR) is 80.6 cm³/mol. The van der Waals surface area contributed by atoms with Crippen LogP contribution >= 0.6 is 0 Å². The molecule has 4 nitrogen and oxygen atoms in total. The van der Waals surface area contributed by atoms with Crippen LogP contribution in [0.2, 0.25) is 0 Å². The first kappa shape index (κ1) is 14.3. The van der Waals surface area contributed by atoms with Crippen molar-refractivity contribution in [3.8, 4) is 11.1 Å². The molecule has 0 spiro atoms. The first-order valence-electron chi connectivity index (χ1n) is 6.81. The molecule has 0 unspecified atom stereocenters. The van der Waals surface area contributed by atoms with E-state index in [-0.39, 0.29) is 5.41 Å². The molecule has 0 aliphatic rings. The fourth-order valence-electron chi connectivity index (χ4n) is 2.33. The molecule has 0 saturated heterocycles. The van der Waals surface area contributed by atoms with Crippen molar-refractivity contribution in [1.29, 1.82) is 0 Å². The van der Waals surface area contributed by atoms with Crippen molar-refractivity contribution in [2.75, 3.05) is 0 Å². The van der Waals surface area contributed by atoms with Gasteiger partial charge >= 0.3 is 0 Å². The van der Waals surface area contributed by atoms with Gasteiger partial charge in [0.1, 0.15) is 0 Å². The molecule has 2 rings (SSSR count). The van der Waals surface area contributed by atoms with Gasteiger partial charge in [0.25, 0.3) is 5.91 Å². The van der Waals surface area contributed by atoms with Crippen molar-refractivity contribution in [2.24, 2.45) is 5.73 Å². The second-order valence-electron chi connectivity index (χ2n) is 5.91. The van der Waals surface area contributed by atoms with Crippen molar-refractivity contribution in [2.45, 2.75) is 39.7 Å². The molecule has 1 aromatic heterocycles. The third-order valence-electron chi connectivity index (χ3n) is 3.34. The Morgan fingerprint density at radius 1 is 1.25 bits per heavy atom. The lowest BCUT2D eigenvalue weighted by molar-refractivity contribution is 0.0995. The van der Waals surface area contributed by atoms with Gasteiger partial charge in [0.2, 0.25) is 0 Å². The van der Waals surface area contributed by atoms with Crippen LogP contribution in [0.1, 0.15) is 43.7 Å². The zero-order chi connectivity index (χ0) is 14.9. The molecule has 106 valence electrons. The second-order valence-corrected chi connectivity index (χ2v) is 5.91. The monoisotopic (exact) mass is 271 g/mol. The summed E-state index contributed by atoms with van der Waals surface area (Å²) in [5.74, 6) is -0.490. The molecule has 20 heavy (non-hydrogen) atoms. The van der Waals surface area contributed by atoms with Crippen LogP contribution in [0.5, 0.6) is 0 Å². The van der Waals surface area contributed by atoms with E-state index in [2.05, 4.69) is 31.9 Å². The van der Waals surface area contributed by atoms with E-state index in [9.17, 15) is 4.79 Å². The fraction of sp³-hybridized carbons (Fsp3) is 0.375. The molecule has 4 heteroatoms. The predicted octanol–water partition coefficient (Wildman–Crippen LogP) is 2.97. The number of aryl methyl sites for hydroxylation is 1. The SMILES string of the molecule is CCn1cc(-c2ccccc2C(C)(C)C)c(C(N)=O)n1. The molecular weight excluding hydrogens is 250 g/mol. The van der Waals surface area contributed by atoms with Gasteiger partial charge in [0, 0.05) is 18.3 Å². The zero-order valence-corrected chi connectivity index (χ0v) is 12.5. The quantitative estimate of drug-likeness (QED) is 0.933. The minimum absolute atomic E-state index is 0.0141. The standard InChI is InChI=1S/C16H21N3O/c1-5-19-10-12(14(18-19)15(17)20)11-8-6-7-9-13(11)16(2,3)4/h6-10H,5H2,1-4H3,(H2,17,20). The highest BCUT2D eigenvalue weighted by atomic mass is 16.1. The van der Waals surface area contributed by atoms with E-state index >= 15 is 0 Å². The average molecular weight is 271 g/mol. The van der Waals surface area contributed by atoms with Gasteiger partial charge in [-0.25, -0.2) is 0 Å². The van der Waals surface area contributed by atoms with Crippen molar-refractivity contribution in [3.63, 3.8) is 0 Å². The van der Waals surface area contributed by atoms with Crippen LogP contribution in [0, 0.1) is 0 Å². The van der Waals surface area contributed by atoms with Crippen LogP contribution in [0.15, 0.2) is 30.5 Å². The molecule has 0 bridgehead atoms. The lowest BCUT2D eigenvalue weighted by atomic mass is 9.82. The third-order valence-corrected chi connectivity index (χ3v) is 3.34. The van der Waals surface area contributed by atoms with Crippen LogP contribution in [0.4, 0.5) is 0 Å². The van der Waals surface area contributed by atoms with Crippen LogP contribution in [0.25, 0.3) is 11.1 Å². The summed E-state index contributed by atoms with van der Waals surface area (Å²) in [6.07, 6.45) is 1.89. The molecule has 0 aliphatic heterocycles. The van der Waals surface area contributed by atoms with E-state index in [0.29, 0.717) is 12.2 Å². The second kappa shape index (κ2) is 5.12. The Labute approximate surface area is 119 Å². The summed E-state index contributed by atoms with van der Waals surface area (Å²) < 4.78 is 1.74. The van der Waals surface area contributed by atoms with Crippen molar-refractivity contribution in [1.82, 2.24) is 9.78 Å². The number of rotatable bonds is 3. The molecule has 0 saturated carbocycles. The lowest BCUT2D eigenvalue weighted by Gasteiger charge is -2.22. The number of primary amides is 1. The highest BCUT2D eigenvalue weighted by Gasteiger charge is 2.22. The number of nitrogens with two attached hydrogens (primary N) is 1. The summed E-state index contributed by atoms with van der Waals surface area (Å²) in [5, 5.41) is 4.27. The van der Waals surface area contributed by atoms with Crippen LogP contribution in [-0.2, 0) is 12.0 Å². The Morgan fingerprint density at radius 2 is 1.90 bits per heavy atom. The van der Waals surface area contributed by atoms with Crippen LogP contribution in [0.3, 0.4) is 0 Å². The Bertz CT molecular complexity index is 635. The number of aromatic nitrogens is 2. The molecule has 0 radical (unpaired) electrons. The van der Waals surface area contributed by atoms with Gasteiger partial charge in [-0.3, -0.25) is 9.48 Å². The Morgan fingerprint density at radius 3 is 2.45 bits per heavy atom. The van der Waals surface area contributed by atoms with Gasteiger partial charge < -0.3 is 5.73 Å². The number of hydrogen-bond acceptors (Lipinski definition) is 2. The first-order chi connectivity index (χ1) is 9.34. The Kier molecular flexibility index (Phi) is 3.66. The van der Waals surface area contributed by atoms with Gasteiger partial charge in [-0.15, -0.1) is 0 Å². The molecule has 0 atom stereocenters. The summed E-state index contributed by atoms with van der Waals surface area (Å²) in [6, 6.07) is 8.09. The van der Waals surface area contributed by atoms with Crippen molar-refractivity contribution < 1.29 is 4.79 Å². The van der Waals surface area contributed by atoms with Gasteiger partial charge in [0.05, 0.1) is 0 Å². The highest BCUT2D eigenvalue weighted by Crippen LogP contribution is 2.34. The van der Waals surface area contributed by atoms with Gasteiger partial charge in [-0.05, 0) is 23.5 Å². The summed E-state index contributed by atoms with van der Waals surface area (Å²) in [4.78, 5) is 11.6. The molecule has 2 aromatic rings. The minimum Gasteiger partial charge on any atom is -0.364 e. The van der Waals surface area contributed by atoms with E-state index in [0.717, 1.165) is 11.1 Å². The largest absolute Gasteiger partial charge is 0.364 e. The molecule has 1 heterocycles. The van der Waals surface area contributed by atoms with Gasteiger partial charge in [-0.2, -0.15) is 5.10 Å². The summed E-state index contributed by atoms with van der Waals surface area (Å²) in [6.45, 7) is 9.15. The van der Waals surface area contributed by atoms with Crippen LogP contribution in [-0.4, -0.2) is 15.7 Å². The average Bonchev–Trinajstić information content (AvgIpc) is 2.82. The smallest absolute Gasteiger partial charge is 0.269 e. The van der Waals surface area contributed by atoms with Crippen molar-refractivity contribution >= 4 is 5.91 Å². The van der Waals surface area contributed by atoms with E-state index in [4.69, 9.17) is 5.73 Å². The molecule has 0 fully saturated rings. The number of benzene rings is 1. The number of amides is 1. The van der Waals surface area contributed by atoms with Gasteiger partial charge in [-0.1, -0.05) is 45.0 Å². The van der Waals surface area contributed by atoms with Crippen LogP contribution < -0.4 is 5.73 Å². The third kappa shape index (κ3) is 2.59. The number of nitrogens with zero attached hydrogens (tertiary/aromatic N) is 2. The molecule has 1 amide bonds. The fourth-order valence-corrected chi connectivity index (χ4v) is 2.33. The topological polar surface area (TPSA) is 60.9 Å². The Hall–Kier alpha value is -2.10. The Balaban J connectivity index is 2.69. The molecular formula is C16H21N3O. The molecule has 2 N–H and O–H groups in total. The van der Waals surface area contributed by atoms with Crippen molar-refractivity contribution in [3.05, 3.63) is 41.7 Å². The lowest BCUT2D eigenvalue weighted by Crippen LogP contribution is -2.15. The highest BCUT2D eigenvalue weighted by molar-refractivity contribution is 5.98. The number of hydrogen-bond donors (Lipinski definition) is 1. The minimum atomic E-state index is -0.490. The maximum atomic E-state index is 11.6. The van der Waals surface area contributed by atoms with E-state index < -0.39 is 5.91 Å².